The third-order valence-electron chi connectivity index (χ3n) is 4.53. The summed E-state index contributed by atoms with van der Waals surface area (Å²) in [6, 6.07) is 15.7. The molecule has 3 aromatic rings. The average Bonchev–Trinajstić information content (AvgIpc) is 2.72. The van der Waals surface area contributed by atoms with Crippen LogP contribution in [0.1, 0.15) is 39.6 Å². The van der Waals surface area contributed by atoms with Crippen molar-refractivity contribution in [1.82, 2.24) is 4.98 Å². The first-order valence-electron chi connectivity index (χ1n) is 8.69. The molecular formula is C22H15FN2O3. The minimum absolute atomic E-state index is 0.0688. The summed E-state index contributed by atoms with van der Waals surface area (Å²) < 4.78 is 25.7. The van der Waals surface area contributed by atoms with Crippen molar-refractivity contribution in [2.75, 3.05) is 0 Å². The Bertz CT molecular complexity index is 1070. The molecule has 1 unspecified atom stereocenters. The highest BCUT2D eigenvalue weighted by Gasteiger charge is 2.29. The molecular weight excluding hydrogens is 359 g/mol. The fourth-order valence-corrected chi connectivity index (χ4v) is 3.06. The SMILES string of the molecule is N#Cc1ccc(COc2ccc3c(c2)OC(c2ccncc2F)CC3=O)cc1. The molecule has 6 heteroatoms. The highest BCUT2D eigenvalue weighted by Crippen LogP contribution is 2.37. The summed E-state index contributed by atoms with van der Waals surface area (Å²) in [5.41, 5.74) is 2.25. The van der Waals surface area contributed by atoms with Gasteiger partial charge in [-0.3, -0.25) is 9.78 Å². The van der Waals surface area contributed by atoms with Crippen LogP contribution in [0.3, 0.4) is 0 Å². The first kappa shape index (κ1) is 17.7. The number of fused-ring (bicyclic) bond motifs is 1. The largest absolute Gasteiger partial charge is 0.489 e. The molecule has 0 spiro atoms. The molecule has 0 amide bonds. The van der Waals surface area contributed by atoms with Gasteiger partial charge < -0.3 is 9.47 Å². The first-order valence-corrected chi connectivity index (χ1v) is 8.69. The van der Waals surface area contributed by atoms with Crippen molar-refractivity contribution >= 4 is 5.78 Å². The van der Waals surface area contributed by atoms with Gasteiger partial charge in [-0.25, -0.2) is 4.39 Å². The predicted octanol–water partition coefficient (Wildman–Crippen LogP) is 4.38. The van der Waals surface area contributed by atoms with Crippen molar-refractivity contribution in [1.29, 1.82) is 5.26 Å². The molecule has 0 bridgehead atoms. The van der Waals surface area contributed by atoms with Crippen LogP contribution in [0.25, 0.3) is 0 Å². The van der Waals surface area contributed by atoms with E-state index in [1.165, 1.54) is 12.3 Å². The number of pyridine rings is 1. The molecule has 0 aliphatic carbocycles. The number of aromatic nitrogens is 1. The molecule has 2 aromatic carbocycles. The summed E-state index contributed by atoms with van der Waals surface area (Å²) >= 11 is 0. The third-order valence-corrected chi connectivity index (χ3v) is 4.53. The normalized spacial score (nSPS) is 15.3. The van der Waals surface area contributed by atoms with Crippen molar-refractivity contribution in [2.45, 2.75) is 19.1 Å². The molecule has 0 saturated heterocycles. The summed E-state index contributed by atoms with van der Waals surface area (Å²) in [6.07, 6.45) is 1.95. The van der Waals surface area contributed by atoms with Crippen molar-refractivity contribution in [2.24, 2.45) is 0 Å². The Morgan fingerprint density at radius 1 is 1.21 bits per heavy atom. The Balaban J connectivity index is 1.52. The summed E-state index contributed by atoms with van der Waals surface area (Å²) in [5, 5.41) is 8.84. The van der Waals surface area contributed by atoms with E-state index in [4.69, 9.17) is 14.7 Å². The smallest absolute Gasteiger partial charge is 0.170 e. The number of halogens is 1. The van der Waals surface area contributed by atoms with Gasteiger partial charge in [0.05, 0.1) is 29.8 Å². The molecule has 138 valence electrons. The van der Waals surface area contributed by atoms with Gasteiger partial charge in [-0.1, -0.05) is 12.1 Å². The van der Waals surface area contributed by atoms with Gasteiger partial charge in [0.15, 0.2) is 5.78 Å². The highest BCUT2D eigenvalue weighted by atomic mass is 19.1. The van der Waals surface area contributed by atoms with Crippen molar-refractivity contribution in [3.8, 4) is 17.6 Å². The van der Waals surface area contributed by atoms with E-state index in [1.54, 1.807) is 30.3 Å². The molecule has 5 nitrogen and oxygen atoms in total. The Kier molecular flexibility index (Phi) is 4.73. The van der Waals surface area contributed by atoms with Gasteiger partial charge in [0.25, 0.3) is 0 Å². The lowest BCUT2D eigenvalue weighted by atomic mass is 9.96. The Hall–Kier alpha value is -3.72. The molecule has 0 fully saturated rings. The van der Waals surface area contributed by atoms with E-state index in [0.29, 0.717) is 34.8 Å². The summed E-state index contributed by atoms with van der Waals surface area (Å²) in [6.45, 7) is 0.306. The lowest BCUT2D eigenvalue weighted by Crippen LogP contribution is -2.21. The zero-order valence-electron chi connectivity index (χ0n) is 14.8. The van der Waals surface area contributed by atoms with Gasteiger partial charge >= 0.3 is 0 Å². The predicted molar refractivity (Wildman–Crippen MR) is 98.4 cm³/mol. The van der Waals surface area contributed by atoms with Crippen LogP contribution in [-0.4, -0.2) is 10.8 Å². The number of ketones is 1. The van der Waals surface area contributed by atoms with Crippen molar-refractivity contribution in [3.63, 3.8) is 0 Å². The number of Topliss-reactive ketones (excluding diaryl/α,β-unsaturated/α-hetero) is 1. The molecule has 1 aliphatic heterocycles. The van der Waals surface area contributed by atoms with Crippen LogP contribution in [-0.2, 0) is 6.61 Å². The number of carbonyl (C=O) groups is 1. The highest BCUT2D eigenvalue weighted by molar-refractivity contribution is 6.00. The molecule has 28 heavy (non-hydrogen) atoms. The van der Waals surface area contributed by atoms with Crippen LogP contribution < -0.4 is 9.47 Å². The zero-order valence-corrected chi connectivity index (χ0v) is 14.8. The lowest BCUT2D eigenvalue weighted by molar-refractivity contribution is 0.0845. The first-order chi connectivity index (χ1) is 13.6. The number of carbonyl (C=O) groups excluding carboxylic acids is 1. The van der Waals surface area contributed by atoms with Gasteiger partial charge in [0.2, 0.25) is 0 Å². The molecule has 4 rings (SSSR count). The van der Waals surface area contributed by atoms with Crippen LogP contribution in [0.4, 0.5) is 4.39 Å². The minimum Gasteiger partial charge on any atom is -0.489 e. The second kappa shape index (κ2) is 7.49. The maximum atomic E-state index is 14.0. The van der Waals surface area contributed by atoms with Crippen LogP contribution >= 0.6 is 0 Å². The molecule has 0 saturated carbocycles. The number of ether oxygens (including phenoxy) is 2. The van der Waals surface area contributed by atoms with Gasteiger partial charge in [-0.2, -0.15) is 5.26 Å². The molecule has 1 aliphatic rings. The zero-order chi connectivity index (χ0) is 19.5. The fourth-order valence-electron chi connectivity index (χ4n) is 3.06. The summed E-state index contributed by atoms with van der Waals surface area (Å²) in [4.78, 5) is 16.2. The molecule has 1 atom stereocenters. The molecule has 1 aromatic heterocycles. The van der Waals surface area contributed by atoms with E-state index in [-0.39, 0.29) is 12.2 Å². The maximum Gasteiger partial charge on any atom is 0.170 e. The number of hydrogen-bond acceptors (Lipinski definition) is 5. The minimum atomic E-state index is -0.697. The number of benzene rings is 2. The average molecular weight is 374 g/mol. The number of hydrogen-bond donors (Lipinski definition) is 0. The number of rotatable bonds is 4. The third kappa shape index (κ3) is 3.55. The van der Waals surface area contributed by atoms with E-state index in [2.05, 4.69) is 11.1 Å². The fraction of sp³-hybridized carbons (Fsp3) is 0.136. The second-order valence-electron chi connectivity index (χ2n) is 6.39. The Morgan fingerprint density at radius 3 is 2.79 bits per heavy atom. The number of nitriles is 1. The van der Waals surface area contributed by atoms with Gasteiger partial charge in [0, 0.05) is 17.8 Å². The summed E-state index contributed by atoms with van der Waals surface area (Å²) in [7, 11) is 0. The van der Waals surface area contributed by atoms with E-state index in [0.717, 1.165) is 11.8 Å². The van der Waals surface area contributed by atoms with Crippen molar-refractivity contribution < 1.29 is 18.7 Å². The van der Waals surface area contributed by atoms with Crippen LogP contribution in [0.15, 0.2) is 60.9 Å². The van der Waals surface area contributed by atoms with Gasteiger partial charge in [-0.15, -0.1) is 0 Å². The van der Waals surface area contributed by atoms with E-state index in [1.807, 2.05) is 12.1 Å². The van der Waals surface area contributed by atoms with Crippen LogP contribution in [0, 0.1) is 17.1 Å². The van der Waals surface area contributed by atoms with E-state index >= 15 is 0 Å². The second-order valence-corrected chi connectivity index (χ2v) is 6.39. The summed E-state index contributed by atoms with van der Waals surface area (Å²) in [5.74, 6) is 0.291. The Morgan fingerprint density at radius 2 is 2.04 bits per heavy atom. The Labute approximate surface area is 161 Å². The molecule has 0 radical (unpaired) electrons. The molecule has 0 N–H and O–H groups in total. The molecule has 2 heterocycles. The van der Waals surface area contributed by atoms with Gasteiger partial charge in [-0.05, 0) is 35.9 Å². The van der Waals surface area contributed by atoms with E-state index in [9.17, 15) is 9.18 Å². The maximum absolute atomic E-state index is 14.0. The van der Waals surface area contributed by atoms with Crippen molar-refractivity contribution in [3.05, 3.63) is 89.0 Å². The lowest BCUT2D eigenvalue weighted by Gasteiger charge is -2.26. The topological polar surface area (TPSA) is 72.2 Å². The number of nitrogens with zero attached hydrogens (tertiary/aromatic N) is 2. The quantitative estimate of drug-likeness (QED) is 0.678. The van der Waals surface area contributed by atoms with Crippen LogP contribution in [0.2, 0.25) is 0 Å². The van der Waals surface area contributed by atoms with Crippen LogP contribution in [0.5, 0.6) is 11.5 Å². The van der Waals surface area contributed by atoms with E-state index < -0.39 is 11.9 Å². The van der Waals surface area contributed by atoms with Gasteiger partial charge in [0.1, 0.15) is 30.0 Å². The monoisotopic (exact) mass is 374 g/mol. The standard InChI is InChI=1S/C22H15FN2O3/c23-19-12-25-8-7-17(19)22-10-20(26)18-6-5-16(9-21(18)28-22)27-13-15-3-1-14(11-24)2-4-15/h1-9,12,22H,10,13H2.